The number of nitrogens with one attached hydrogen (secondary N) is 1. The summed E-state index contributed by atoms with van der Waals surface area (Å²) in [5, 5.41) is 2.65. The molecule has 0 aliphatic rings. The molecule has 2 heterocycles. The van der Waals surface area contributed by atoms with Crippen molar-refractivity contribution < 1.29 is 32.7 Å². The molecule has 0 amide bonds. The normalized spacial score (nSPS) is 10.4. The molecule has 1 aromatic carbocycles. The molecule has 0 aliphatic carbocycles. The van der Waals surface area contributed by atoms with Gasteiger partial charge in [-0.2, -0.15) is 29.3 Å². The summed E-state index contributed by atoms with van der Waals surface area (Å²) in [5.74, 6) is 0. The topological polar surface area (TPSA) is 45.8 Å². The fourth-order valence-corrected chi connectivity index (χ4v) is 3.02. The number of hydrogen-bond donors (Lipinski definition) is 1. The van der Waals surface area contributed by atoms with Crippen LogP contribution in [0.15, 0.2) is 28.6 Å². The van der Waals surface area contributed by atoms with Crippen LogP contribution < -0.4 is 5.56 Å². The number of aromatic nitrogens is 2. The number of hydrogen-bond acceptors (Lipinski definition) is 3. The van der Waals surface area contributed by atoms with Gasteiger partial charge in [0.1, 0.15) is 4.83 Å². The summed E-state index contributed by atoms with van der Waals surface area (Å²) in [6, 6.07) is 7.33. The Morgan fingerprint density at radius 3 is 2.79 bits per heavy atom. The minimum absolute atomic E-state index is 0. The maximum atomic E-state index is 11.9. The van der Waals surface area contributed by atoms with Gasteiger partial charge in [-0.3, -0.25) is 4.79 Å². The minimum Gasteiger partial charge on any atom is -0.313 e. The monoisotopic (exact) mass is 344 g/mol. The summed E-state index contributed by atoms with van der Waals surface area (Å²) in [5.41, 5.74) is 4.06. The molecule has 0 atom stereocenters. The third kappa shape index (κ3) is 2.57. The van der Waals surface area contributed by atoms with Crippen molar-refractivity contribution in [3.05, 3.63) is 51.4 Å². The summed E-state index contributed by atoms with van der Waals surface area (Å²) in [6.45, 7) is 4.02. The molecule has 0 bridgehead atoms. The second kappa shape index (κ2) is 5.65. The van der Waals surface area contributed by atoms with E-state index in [4.69, 9.17) is 0 Å². The SMILES string of the molecule is Cc1[c-]c(C)c(-c2csc3nc[nH]c(=O)c23)cc1.[Y]. The molecule has 1 N–H and O–H groups in total. The Hall–Kier alpha value is -0.836. The molecule has 0 spiro atoms. The Bertz CT molecular complexity index is 791. The molecule has 1 radical (unpaired) electrons. The number of thiophene rings is 1. The second-order valence-electron chi connectivity index (χ2n) is 4.24. The van der Waals surface area contributed by atoms with E-state index in [1.807, 2.05) is 31.4 Å². The first-order chi connectivity index (χ1) is 8.66. The van der Waals surface area contributed by atoms with Crippen molar-refractivity contribution >= 4 is 21.6 Å². The van der Waals surface area contributed by atoms with Crippen molar-refractivity contribution in [3.8, 4) is 11.1 Å². The van der Waals surface area contributed by atoms with Gasteiger partial charge in [0.25, 0.3) is 5.56 Å². The van der Waals surface area contributed by atoms with E-state index in [-0.39, 0.29) is 38.3 Å². The fraction of sp³-hybridized carbons (Fsp3) is 0.143. The molecule has 0 aliphatic heterocycles. The van der Waals surface area contributed by atoms with Gasteiger partial charge >= 0.3 is 0 Å². The molecule has 19 heavy (non-hydrogen) atoms. The van der Waals surface area contributed by atoms with Gasteiger partial charge in [-0.05, 0) is 10.9 Å². The number of benzene rings is 1. The molecular formula is C14H11N2OSY-. The predicted octanol–water partition coefficient (Wildman–Crippen LogP) is 3.07. The van der Waals surface area contributed by atoms with Gasteiger partial charge in [-0.25, -0.2) is 4.98 Å². The summed E-state index contributed by atoms with van der Waals surface area (Å²) in [4.78, 5) is 19.5. The van der Waals surface area contributed by atoms with Crippen LogP contribution in [-0.4, -0.2) is 9.97 Å². The first-order valence-electron chi connectivity index (χ1n) is 5.61. The van der Waals surface area contributed by atoms with Crippen molar-refractivity contribution in [2.45, 2.75) is 13.8 Å². The third-order valence-electron chi connectivity index (χ3n) is 2.95. The molecule has 0 unspecified atom stereocenters. The number of nitrogens with zero attached hydrogens (tertiary/aromatic N) is 1. The number of H-pyrrole nitrogens is 1. The molecule has 0 fully saturated rings. The first-order valence-corrected chi connectivity index (χ1v) is 6.49. The van der Waals surface area contributed by atoms with Crippen LogP contribution in [0.25, 0.3) is 21.3 Å². The largest absolute Gasteiger partial charge is 0.313 e. The average Bonchev–Trinajstić information content (AvgIpc) is 2.74. The Morgan fingerprint density at radius 2 is 2.05 bits per heavy atom. The molecule has 3 rings (SSSR count). The zero-order chi connectivity index (χ0) is 12.7. The molecule has 93 valence electrons. The summed E-state index contributed by atoms with van der Waals surface area (Å²) in [6.07, 6.45) is 1.44. The van der Waals surface area contributed by atoms with Gasteiger partial charge in [0.05, 0.1) is 11.7 Å². The molecule has 2 aromatic heterocycles. The van der Waals surface area contributed by atoms with Gasteiger partial charge < -0.3 is 4.98 Å². The molecule has 3 aromatic rings. The number of rotatable bonds is 1. The Morgan fingerprint density at radius 1 is 1.26 bits per heavy atom. The Kier molecular flexibility index (Phi) is 4.34. The predicted molar refractivity (Wildman–Crippen MR) is 74.0 cm³/mol. The standard InChI is InChI=1S/C14H11N2OS.Y/c1-8-3-4-10(9(2)5-8)11-6-18-14-12(11)13(17)15-7-16-14;/h3-4,6-7H,1-2H3,(H,15,16,17);/q-1;. The Labute approximate surface area is 140 Å². The van der Waals surface area contributed by atoms with Gasteiger partial charge in [0, 0.05) is 32.7 Å². The van der Waals surface area contributed by atoms with Crippen LogP contribution in [0, 0.1) is 19.9 Å². The van der Waals surface area contributed by atoms with E-state index in [0.717, 1.165) is 27.1 Å². The minimum atomic E-state index is -0.0868. The smallest absolute Gasteiger partial charge is 0.258 e. The maximum Gasteiger partial charge on any atom is 0.258 e. The van der Waals surface area contributed by atoms with Gasteiger partial charge in [-0.1, -0.05) is 13.8 Å². The van der Waals surface area contributed by atoms with Crippen molar-refractivity contribution in [2.75, 3.05) is 0 Å². The molecule has 0 saturated carbocycles. The summed E-state index contributed by atoms with van der Waals surface area (Å²) in [7, 11) is 0. The molecular weight excluding hydrogens is 333 g/mol. The second-order valence-corrected chi connectivity index (χ2v) is 5.10. The van der Waals surface area contributed by atoms with Crippen LogP contribution >= 0.6 is 11.3 Å². The van der Waals surface area contributed by atoms with E-state index in [2.05, 4.69) is 16.0 Å². The third-order valence-corrected chi connectivity index (χ3v) is 3.84. The van der Waals surface area contributed by atoms with Crippen LogP contribution in [0.2, 0.25) is 0 Å². The Balaban J connectivity index is 0.00000133. The van der Waals surface area contributed by atoms with Crippen LogP contribution in [0.4, 0.5) is 0 Å². The number of aromatic amines is 1. The van der Waals surface area contributed by atoms with Gasteiger partial charge in [0.15, 0.2) is 0 Å². The number of aryl methyl sites for hydroxylation is 2. The fourth-order valence-electron chi connectivity index (χ4n) is 2.11. The average molecular weight is 344 g/mol. The van der Waals surface area contributed by atoms with E-state index in [1.54, 1.807) is 0 Å². The quantitative estimate of drug-likeness (QED) is 0.690. The van der Waals surface area contributed by atoms with Crippen molar-refractivity contribution in [3.63, 3.8) is 0 Å². The van der Waals surface area contributed by atoms with E-state index in [0.29, 0.717) is 5.39 Å². The van der Waals surface area contributed by atoms with E-state index in [9.17, 15) is 4.79 Å². The van der Waals surface area contributed by atoms with Gasteiger partial charge in [-0.15, -0.1) is 16.9 Å². The zero-order valence-electron chi connectivity index (χ0n) is 10.7. The van der Waals surface area contributed by atoms with Crippen molar-refractivity contribution in [1.82, 2.24) is 9.97 Å². The number of fused-ring (bicyclic) bond motifs is 1. The van der Waals surface area contributed by atoms with Crippen LogP contribution in [-0.2, 0) is 32.7 Å². The summed E-state index contributed by atoms with van der Waals surface area (Å²) >= 11 is 1.49. The van der Waals surface area contributed by atoms with Crippen molar-refractivity contribution in [1.29, 1.82) is 0 Å². The zero-order valence-corrected chi connectivity index (χ0v) is 14.3. The molecule has 5 heteroatoms. The first kappa shape index (κ1) is 14.6. The molecule has 0 saturated heterocycles. The van der Waals surface area contributed by atoms with Crippen molar-refractivity contribution in [2.24, 2.45) is 0 Å². The van der Waals surface area contributed by atoms with Crippen LogP contribution in [0.3, 0.4) is 0 Å². The van der Waals surface area contributed by atoms with E-state index in [1.165, 1.54) is 17.7 Å². The summed E-state index contributed by atoms with van der Waals surface area (Å²) < 4.78 is 0. The molecule has 3 nitrogen and oxygen atoms in total. The van der Waals surface area contributed by atoms with Crippen LogP contribution in [0.5, 0.6) is 0 Å². The van der Waals surface area contributed by atoms with E-state index < -0.39 is 0 Å². The van der Waals surface area contributed by atoms with Gasteiger partial charge in [0.2, 0.25) is 0 Å². The van der Waals surface area contributed by atoms with Crippen LogP contribution in [0.1, 0.15) is 11.1 Å². The maximum absolute atomic E-state index is 11.9. The van der Waals surface area contributed by atoms with E-state index >= 15 is 0 Å².